The highest BCUT2D eigenvalue weighted by atomic mass is 32.2. The first-order valence-corrected chi connectivity index (χ1v) is 11.4. The lowest BCUT2D eigenvalue weighted by Crippen LogP contribution is -2.23. The lowest BCUT2D eigenvalue weighted by Gasteiger charge is -2.16. The van der Waals surface area contributed by atoms with Crippen molar-refractivity contribution in [3.8, 4) is 11.1 Å². The molecular formula is C21H14F4N2O3S2. The summed E-state index contributed by atoms with van der Waals surface area (Å²) in [4.78, 5) is 0. The molecule has 0 fully saturated rings. The normalized spacial score (nSPS) is 12.3. The van der Waals surface area contributed by atoms with E-state index in [1.165, 1.54) is 43.3 Å². The van der Waals surface area contributed by atoms with Crippen molar-refractivity contribution in [3.05, 3.63) is 83.1 Å². The number of hydrogen-bond donors (Lipinski definition) is 1. The van der Waals surface area contributed by atoms with Crippen LogP contribution in [0.15, 0.2) is 65.1 Å². The summed E-state index contributed by atoms with van der Waals surface area (Å²) < 4.78 is 83.5. The highest BCUT2D eigenvalue weighted by Gasteiger charge is 2.35. The van der Waals surface area contributed by atoms with Crippen LogP contribution in [-0.4, -0.2) is 8.42 Å². The Kier molecular flexibility index (Phi) is 5.33. The number of aryl methyl sites for hydroxylation is 1. The number of rotatable bonds is 4. The van der Waals surface area contributed by atoms with E-state index in [1.54, 1.807) is 0 Å². The number of nitrogens with zero attached hydrogens (tertiary/aromatic N) is 1. The second-order valence-electron chi connectivity index (χ2n) is 6.97. The number of halogens is 4. The van der Waals surface area contributed by atoms with E-state index in [1.807, 2.05) is 4.72 Å². The van der Waals surface area contributed by atoms with Crippen molar-refractivity contribution in [3.63, 3.8) is 0 Å². The molecular weight excluding hydrogens is 468 g/mol. The molecule has 2 heterocycles. The highest BCUT2D eigenvalue weighted by molar-refractivity contribution is 7.94. The average molecular weight is 482 g/mol. The molecule has 0 aliphatic carbocycles. The van der Waals surface area contributed by atoms with Crippen LogP contribution in [0.25, 0.3) is 21.2 Å². The zero-order chi connectivity index (χ0) is 23.3. The quantitative estimate of drug-likeness (QED) is 0.238. The first kappa shape index (κ1) is 22.0. The minimum atomic E-state index is -4.85. The smallest absolute Gasteiger partial charge is 0.418 e. The van der Waals surface area contributed by atoms with Gasteiger partial charge in [-0.2, -0.15) is 17.9 Å². The number of nitrogens with one attached hydrogen (secondary N) is 1. The predicted octanol–water partition coefficient (Wildman–Crippen LogP) is 5.47. The fourth-order valence-corrected chi connectivity index (χ4v) is 6.10. The van der Waals surface area contributed by atoms with Gasteiger partial charge in [-0.3, -0.25) is 4.72 Å². The number of hydrogen-bond acceptors (Lipinski definition) is 4. The van der Waals surface area contributed by atoms with Crippen molar-refractivity contribution in [1.82, 2.24) is 0 Å². The third kappa shape index (κ3) is 4.13. The maximum absolute atomic E-state index is 13.7. The number of sulfonamides is 1. The lowest BCUT2D eigenvalue weighted by molar-refractivity contribution is -0.605. The summed E-state index contributed by atoms with van der Waals surface area (Å²) in [6.45, 7) is 1.47. The van der Waals surface area contributed by atoms with Gasteiger partial charge in [-0.15, -0.1) is 11.3 Å². The standard InChI is InChI=1S/C21H14F4N2O3S2/c1-12-16-11-15(22)3-5-19(16)31-20(12)32(29,30)26-18-4-2-14(10-17(18)21(23,24)25)13-6-8-27(28)9-7-13/h2-11,26H,1H3. The Hall–Kier alpha value is -3.18. The van der Waals surface area contributed by atoms with Gasteiger partial charge >= 0.3 is 6.18 Å². The van der Waals surface area contributed by atoms with E-state index < -0.39 is 33.3 Å². The van der Waals surface area contributed by atoms with E-state index in [9.17, 15) is 31.2 Å². The monoisotopic (exact) mass is 482 g/mol. The van der Waals surface area contributed by atoms with Gasteiger partial charge in [0.05, 0.1) is 11.3 Å². The van der Waals surface area contributed by atoms with Crippen LogP contribution < -0.4 is 9.45 Å². The summed E-state index contributed by atoms with van der Waals surface area (Å²) in [6, 6.07) is 9.65. The molecule has 2 aromatic carbocycles. The van der Waals surface area contributed by atoms with Crippen molar-refractivity contribution >= 4 is 37.1 Å². The maximum Gasteiger partial charge on any atom is 0.418 e. The highest BCUT2D eigenvalue weighted by Crippen LogP contribution is 2.40. The lowest BCUT2D eigenvalue weighted by atomic mass is 10.0. The molecule has 2 aromatic heterocycles. The Morgan fingerprint density at radius 3 is 2.34 bits per heavy atom. The molecule has 0 bridgehead atoms. The van der Waals surface area contributed by atoms with Gasteiger partial charge in [-0.05, 0) is 59.3 Å². The number of aromatic nitrogens is 1. The summed E-state index contributed by atoms with van der Waals surface area (Å²) in [5, 5.41) is 11.6. The van der Waals surface area contributed by atoms with Gasteiger partial charge in [0.25, 0.3) is 10.0 Å². The molecule has 0 aliphatic rings. The van der Waals surface area contributed by atoms with E-state index >= 15 is 0 Å². The van der Waals surface area contributed by atoms with Crippen LogP contribution in [-0.2, 0) is 16.2 Å². The first-order valence-electron chi connectivity index (χ1n) is 9.07. The molecule has 32 heavy (non-hydrogen) atoms. The number of thiophene rings is 1. The number of pyridine rings is 1. The summed E-state index contributed by atoms with van der Waals surface area (Å²) in [5.41, 5.74) is -1.05. The van der Waals surface area contributed by atoms with Gasteiger partial charge < -0.3 is 5.21 Å². The second-order valence-corrected chi connectivity index (χ2v) is 9.90. The minimum absolute atomic E-state index is 0.161. The van der Waals surface area contributed by atoms with Crippen molar-refractivity contribution in [1.29, 1.82) is 0 Å². The topological polar surface area (TPSA) is 73.1 Å². The molecule has 0 saturated heterocycles. The van der Waals surface area contributed by atoms with Crippen LogP contribution >= 0.6 is 11.3 Å². The number of benzene rings is 2. The largest absolute Gasteiger partial charge is 0.619 e. The second kappa shape index (κ2) is 7.75. The molecule has 4 rings (SSSR count). The molecule has 0 aliphatic heterocycles. The van der Waals surface area contributed by atoms with Gasteiger partial charge in [0.1, 0.15) is 10.0 Å². The first-order chi connectivity index (χ1) is 15.0. The molecule has 1 N–H and O–H groups in total. The zero-order valence-corrected chi connectivity index (χ0v) is 17.9. The van der Waals surface area contributed by atoms with Crippen LogP contribution in [0.2, 0.25) is 0 Å². The van der Waals surface area contributed by atoms with Crippen molar-refractivity contribution in [2.24, 2.45) is 0 Å². The Balaban J connectivity index is 1.78. The van der Waals surface area contributed by atoms with Crippen LogP contribution in [0.3, 0.4) is 0 Å². The van der Waals surface area contributed by atoms with E-state index in [4.69, 9.17) is 0 Å². The van der Waals surface area contributed by atoms with Crippen molar-refractivity contribution in [2.45, 2.75) is 17.3 Å². The van der Waals surface area contributed by atoms with Crippen molar-refractivity contribution in [2.75, 3.05) is 4.72 Å². The summed E-state index contributed by atoms with van der Waals surface area (Å²) in [7, 11) is -4.38. The van der Waals surface area contributed by atoms with Gasteiger partial charge in [-0.25, -0.2) is 12.8 Å². The molecule has 0 radical (unpaired) electrons. The average Bonchev–Trinajstić information content (AvgIpc) is 3.05. The van der Waals surface area contributed by atoms with Crippen LogP contribution in [0, 0.1) is 17.9 Å². The third-order valence-electron chi connectivity index (χ3n) is 4.80. The minimum Gasteiger partial charge on any atom is -0.619 e. The van der Waals surface area contributed by atoms with Crippen LogP contribution in [0.4, 0.5) is 23.2 Å². The van der Waals surface area contributed by atoms with Gasteiger partial charge in [0.15, 0.2) is 12.4 Å². The third-order valence-corrected chi connectivity index (χ3v) is 8.06. The van der Waals surface area contributed by atoms with Gasteiger partial charge in [0, 0.05) is 16.8 Å². The van der Waals surface area contributed by atoms with Gasteiger partial charge in [-0.1, -0.05) is 6.07 Å². The molecule has 0 spiro atoms. The van der Waals surface area contributed by atoms with Crippen LogP contribution in [0.5, 0.6) is 0 Å². The fraction of sp³-hybridized carbons (Fsp3) is 0.0952. The molecule has 0 unspecified atom stereocenters. The molecule has 5 nitrogen and oxygen atoms in total. The van der Waals surface area contributed by atoms with E-state index in [-0.39, 0.29) is 15.3 Å². The Bertz CT molecular complexity index is 1430. The number of anilines is 1. The predicted molar refractivity (Wildman–Crippen MR) is 113 cm³/mol. The van der Waals surface area contributed by atoms with E-state index in [0.29, 0.717) is 20.4 Å². The van der Waals surface area contributed by atoms with E-state index in [0.717, 1.165) is 35.9 Å². The molecule has 166 valence electrons. The number of fused-ring (bicyclic) bond motifs is 1. The molecule has 0 saturated carbocycles. The van der Waals surface area contributed by atoms with Crippen molar-refractivity contribution < 1.29 is 30.7 Å². The molecule has 4 aromatic rings. The maximum atomic E-state index is 13.7. The molecule has 0 atom stereocenters. The summed E-state index contributed by atoms with van der Waals surface area (Å²) in [6.07, 6.45) is -2.56. The zero-order valence-electron chi connectivity index (χ0n) is 16.3. The summed E-state index contributed by atoms with van der Waals surface area (Å²) in [5.74, 6) is -0.548. The Morgan fingerprint density at radius 2 is 1.69 bits per heavy atom. The Morgan fingerprint density at radius 1 is 1.00 bits per heavy atom. The fourth-order valence-electron chi connectivity index (χ4n) is 3.27. The number of alkyl halides is 3. The molecule has 0 amide bonds. The molecule has 11 heteroatoms. The van der Waals surface area contributed by atoms with Gasteiger partial charge in [0.2, 0.25) is 0 Å². The SMILES string of the molecule is Cc1c(S(=O)(=O)Nc2ccc(-c3cc[n+]([O-])cc3)cc2C(F)(F)F)sc2ccc(F)cc12. The van der Waals surface area contributed by atoms with E-state index in [2.05, 4.69) is 0 Å². The van der Waals surface area contributed by atoms with Crippen LogP contribution in [0.1, 0.15) is 11.1 Å². The Labute approximate surface area is 184 Å². The summed E-state index contributed by atoms with van der Waals surface area (Å²) >= 11 is 0.843.